The Bertz CT molecular complexity index is 508. The number of benzene rings is 1. The molecule has 0 fully saturated rings. The molecule has 4 N–H and O–H groups in total. The summed E-state index contributed by atoms with van der Waals surface area (Å²) in [7, 11) is -3.39. The Morgan fingerprint density at radius 2 is 2.07 bits per heavy atom. The van der Waals surface area contributed by atoms with E-state index in [-0.39, 0.29) is 0 Å². The smallest absolute Gasteiger partial charge is 0.263 e. The molecule has 6 heteroatoms. The summed E-state index contributed by atoms with van der Waals surface area (Å²) in [5.41, 5.74) is 4.30. The molecule has 0 aromatic heterocycles. The zero-order valence-electron chi connectivity index (χ0n) is 8.10. The quantitative estimate of drug-likeness (QED) is 0.675. The number of fused-ring (bicyclic) bond motifs is 1. The largest absolute Gasteiger partial charge is 0.356 e. The van der Waals surface area contributed by atoms with Gasteiger partial charge in [0.1, 0.15) is 5.84 Å². The Hall–Kier alpha value is -1.40. The minimum absolute atomic E-state index is 0.299. The SMILES string of the molecule is [NH3+]CCN=C1NS(=O)(=O)c2ccccc21. The second-order valence-corrected chi connectivity index (χ2v) is 4.84. The highest BCUT2D eigenvalue weighted by Gasteiger charge is 2.29. The Morgan fingerprint density at radius 3 is 2.80 bits per heavy atom. The Balaban J connectivity index is 2.52. The molecule has 0 atom stereocenters. The van der Waals surface area contributed by atoms with Crippen molar-refractivity contribution >= 4 is 15.9 Å². The standard InChI is InChI=1S/C9H11N3O2S/c10-5-6-11-9-7-3-1-2-4-8(7)15(13,14)12-9/h1-4H,5-6,10H2,(H,11,12)/p+1. The molecule has 1 aliphatic heterocycles. The van der Waals surface area contributed by atoms with Gasteiger partial charge >= 0.3 is 0 Å². The number of aliphatic imine (C=N–C) groups is 1. The van der Waals surface area contributed by atoms with Gasteiger partial charge in [0.05, 0.1) is 18.0 Å². The van der Waals surface area contributed by atoms with Gasteiger partial charge in [0.2, 0.25) is 0 Å². The number of sulfonamides is 1. The van der Waals surface area contributed by atoms with Crippen molar-refractivity contribution in [2.45, 2.75) is 4.90 Å². The molecule has 0 spiro atoms. The van der Waals surface area contributed by atoms with E-state index in [1.807, 2.05) is 0 Å². The third-order valence-corrected chi connectivity index (χ3v) is 3.49. The molecule has 0 saturated carbocycles. The van der Waals surface area contributed by atoms with E-state index in [0.717, 1.165) is 0 Å². The van der Waals surface area contributed by atoms with Crippen LogP contribution in [0.2, 0.25) is 0 Å². The molecule has 1 aliphatic rings. The second-order valence-electron chi connectivity index (χ2n) is 3.19. The second kappa shape index (κ2) is 3.63. The molecule has 0 bridgehead atoms. The summed E-state index contributed by atoms with van der Waals surface area (Å²) < 4.78 is 25.7. The third kappa shape index (κ3) is 1.73. The zero-order chi connectivity index (χ0) is 10.9. The molecule has 2 rings (SSSR count). The summed E-state index contributed by atoms with van der Waals surface area (Å²) in [6, 6.07) is 6.81. The van der Waals surface area contributed by atoms with Crippen molar-refractivity contribution in [1.82, 2.24) is 4.72 Å². The first-order chi connectivity index (χ1) is 7.15. The molecule has 80 valence electrons. The molecule has 1 aromatic carbocycles. The fraction of sp³-hybridized carbons (Fsp3) is 0.222. The Kier molecular flexibility index (Phi) is 2.45. The van der Waals surface area contributed by atoms with Crippen LogP contribution in [0.5, 0.6) is 0 Å². The summed E-state index contributed by atoms with van der Waals surface area (Å²) >= 11 is 0. The Morgan fingerprint density at radius 1 is 1.33 bits per heavy atom. The predicted molar refractivity (Wildman–Crippen MR) is 55.9 cm³/mol. The zero-order valence-corrected chi connectivity index (χ0v) is 8.92. The van der Waals surface area contributed by atoms with Crippen molar-refractivity contribution in [1.29, 1.82) is 0 Å². The van der Waals surface area contributed by atoms with Crippen molar-refractivity contribution in [3.05, 3.63) is 29.8 Å². The van der Waals surface area contributed by atoms with Crippen LogP contribution >= 0.6 is 0 Å². The predicted octanol–water partition coefficient (Wildman–Crippen LogP) is -1.03. The van der Waals surface area contributed by atoms with E-state index in [1.54, 1.807) is 24.3 Å². The number of amidine groups is 1. The lowest BCUT2D eigenvalue weighted by molar-refractivity contribution is -0.363. The van der Waals surface area contributed by atoms with Crippen molar-refractivity contribution in [3.63, 3.8) is 0 Å². The average Bonchev–Trinajstić information content (AvgIpc) is 2.49. The lowest BCUT2D eigenvalue weighted by Crippen LogP contribution is -2.51. The van der Waals surface area contributed by atoms with Gasteiger partial charge in [-0.2, -0.15) is 0 Å². The lowest BCUT2D eigenvalue weighted by Gasteiger charge is -1.95. The molecule has 1 heterocycles. The number of rotatable bonds is 2. The highest BCUT2D eigenvalue weighted by Crippen LogP contribution is 2.21. The molecule has 5 nitrogen and oxygen atoms in total. The van der Waals surface area contributed by atoms with Crippen LogP contribution in [-0.4, -0.2) is 27.3 Å². The summed E-state index contributed by atoms with van der Waals surface area (Å²) in [6.07, 6.45) is 0. The van der Waals surface area contributed by atoms with Crippen LogP contribution in [0, 0.1) is 0 Å². The first-order valence-corrected chi connectivity index (χ1v) is 6.09. The van der Waals surface area contributed by atoms with Gasteiger partial charge in [-0.3, -0.25) is 9.71 Å². The number of nitrogens with one attached hydrogen (secondary N) is 1. The van der Waals surface area contributed by atoms with Crippen LogP contribution in [-0.2, 0) is 10.0 Å². The van der Waals surface area contributed by atoms with Crippen molar-refractivity contribution in [2.75, 3.05) is 13.1 Å². The molecule has 0 saturated heterocycles. The third-order valence-electron chi connectivity index (χ3n) is 2.09. The summed E-state index contributed by atoms with van der Waals surface area (Å²) in [4.78, 5) is 4.44. The van der Waals surface area contributed by atoms with Crippen LogP contribution in [0.25, 0.3) is 0 Å². The van der Waals surface area contributed by atoms with Crippen LogP contribution < -0.4 is 10.5 Å². The van der Waals surface area contributed by atoms with Gasteiger partial charge in [-0.25, -0.2) is 8.42 Å². The van der Waals surface area contributed by atoms with Gasteiger partial charge in [-0.05, 0) is 12.1 Å². The fourth-order valence-corrected chi connectivity index (χ4v) is 2.69. The minimum atomic E-state index is -3.39. The normalized spacial score (nSPS) is 19.9. The van der Waals surface area contributed by atoms with Gasteiger partial charge in [-0.15, -0.1) is 0 Å². The average molecular weight is 226 g/mol. The van der Waals surface area contributed by atoms with E-state index >= 15 is 0 Å². The lowest BCUT2D eigenvalue weighted by atomic mass is 10.2. The molecular formula is C9H12N3O2S+. The van der Waals surface area contributed by atoms with Crippen LogP contribution in [0.1, 0.15) is 5.56 Å². The number of hydrogen-bond donors (Lipinski definition) is 2. The summed E-state index contributed by atoms with van der Waals surface area (Å²) in [5.74, 6) is 0.425. The van der Waals surface area contributed by atoms with Crippen LogP contribution in [0.4, 0.5) is 0 Å². The van der Waals surface area contributed by atoms with Gasteiger partial charge in [0, 0.05) is 5.56 Å². The molecule has 15 heavy (non-hydrogen) atoms. The van der Waals surface area contributed by atoms with Crippen LogP contribution in [0.15, 0.2) is 34.2 Å². The van der Waals surface area contributed by atoms with E-state index in [9.17, 15) is 8.42 Å². The van der Waals surface area contributed by atoms with E-state index in [0.29, 0.717) is 29.4 Å². The minimum Gasteiger partial charge on any atom is -0.356 e. The number of nitrogens with zero attached hydrogens (tertiary/aromatic N) is 1. The maximum atomic E-state index is 11.6. The highest BCUT2D eigenvalue weighted by atomic mass is 32.2. The Labute approximate surface area is 88.1 Å². The summed E-state index contributed by atoms with van der Waals surface area (Å²) in [5, 5.41) is 0. The topological polar surface area (TPSA) is 86.2 Å². The van der Waals surface area contributed by atoms with E-state index in [2.05, 4.69) is 15.4 Å². The number of hydrogen-bond acceptors (Lipinski definition) is 3. The van der Waals surface area contributed by atoms with Gasteiger partial charge in [0.25, 0.3) is 10.0 Å². The summed E-state index contributed by atoms with van der Waals surface area (Å²) in [6.45, 7) is 1.17. The first-order valence-electron chi connectivity index (χ1n) is 4.61. The molecule has 0 unspecified atom stereocenters. The van der Waals surface area contributed by atoms with Crippen molar-refractivity contribution in [2.24, 2.45) is 4.99 Å². The van der Waals surface area contributed by atoms with Crippen molar-refractivity contribution in [3.8, 4) is 0 Å². The maximum Gasteiger partial charge on any atom is 0.263 e. The number of quaternary nitrogens is 1. The van der Waals surface area contributed by atoms with Crippen LogP contribution in [0.3, 0.4) is 0 Å². The molecule has 0 radical (unpaired) electrons. The molecule has 1 aromatic rings. The maximum absolute atomic E-state index is 11.6. The highest BCUT2D eigenvalue weighted by molar-refractivity contribution is 7.90. The first kappa shape index (κ1) is 10.1. The molecule has 0 aliphatic carbocycles. The van der Waals surface area contributed by atoms with Gasteiger partial charge < -0.3 is 5.73 Å². The molecule has 0 amide bonds. The van der Waals surface area contributed by atoms with Gasteiger partial charge in [0.15, 0.2) is 0 Å². The fourth-order valence-electron chi connectivity index (χ4n) is 1.44. The van der Waals surface area contributed by atoms with E-state index in [4.69, 9.17) is 0 Å². The van der Waals surface area contributed by atoms with Crippen molar-refractivity contribution < 1.29 is 14.2 Å². The van der Waals surface area contributed by atoms with E-state index in [1.165, 1.54) is 0 Å². The van der Waals surface area contributed by atoms with Gasteiger partial charge in [-0.1, -0.05) is 12.1 Å². The van der Waals surface area contributed by atoms with E-state index < -0.39 is 10.0 Å². The molecular weight excluding hydrogens is 214 g/mol. The monoisotopic (exact) mass is 226 g/mol.